The Morgan fingerprint density at radius 3 is 2.45 bits per heavy atom. The predicted molar refractivity (Wildman–Crippen MR) is 119 cm³/mol. The monoisotopic (exact) mass is 421 g/mol. The number of likely N-dealkylation sites (N-methyl/N-ethyl adjacent to an activating group) is 1. The number of hydrogen-bond acceptors (Lipinski definition) is 3. The van der Waals surface area contributed by atoms with Gasteiger partial charge >= 0.3 is 0 Å². The highest BCUT2D eigenvalue weighted by molar-refractivity contribution is 6.31. The number of benzene rings is 1. The Labute approximate surface area is 180 Å². The first kappa shape index (κ1) is 23.7. The molecule has 2 amide bonds. The van der Waals surface area contributed by atoms with E-state index in [1.807, 2.05) is 18.2 Å². The maximum absolute atomic E-state index is 12.7. The van der Waals surface area contributed by atoms with Gasteiger partial charge in [0, 0.05) is 23.5 Å². The first-order chi connectivity index (χ1) is 13.8. The Balaban J connectivity index is 1.98. The summed E-state index contributed by atoms with van der Waals surface area (Å²) in [7, 11) is 4.26. The van der Waals surface area contributed by atoms with Crippen LogP contribution in [0.3, 0.4) is 0 Å². The lowest BCUT2D eigenvalue weighted by atomic mass is 9.74. The minimum Gasteiger partial charge on any atom is -0.352 e. The third kappa shape index (κ3) is 6.71. The molecule has 1 aromatic carbocycles. The van der Waals surface area contributed by atoms with Crippen molar-refractivity contribution in [2.24, 2.45) is 0 Å². The first-order valence-electron chi connectivity index (χ1n) is 10.8. The van der Waals surface area contributed by atoms with E-state index in [4.69, 9.17) is 11.6 Å². The van der Waals surface area contributed by atoms with Gasteiger partial charge in [-0.15, -0.1) is 0 Å². The molecule has 0 spiro atoms. The van der Waals surface area contributed by atoms with E-state index < -0.39 is 6.04 Å². The van der Waals surface area contributed by atoms with E-state index in [9.17, 15) is 9.59 Å². The number of amides is 2. The molecule has 0 heterocycles. The number of nitrogens with one attached hydrogen (secondary N) is 2. The van der Waals surface area contributed by atoms with Gasteiger partial charge in [-0.05, 0) is 64.3 Å². The van der Waals surface area contributed by atoms with Gasteiger partial charge in [-0.3, -0.25) is 9.59 Å². The number of carbonyl (C=O) groups excluding carboxylic acids is 2. The second-order valence-electron chi connectivity index (χ2n) is 8.57. The standard InChI is InChI=1S/C23H36ClN3O2/c1-5-6-11-21(25-17(2)28)22(29)26-19-12-14-23(15-13-19,27(3)4)16-18-9-7-8-10-20(18)24/h7-10,19,21H,5-6,11-16H2,1-4H3,(H,25,28)(H,26,29). The topological polar surface area (TPSA) is 61.4 Å². The molecule has 2 rings (SSSR count). The summed E-state index contributed by atoms with van der Waals surface area (Å²) < 4.78 is 0. The van der Waals surface area contributed by atoms with Crippen LogP contribution in [0.15, 0.2) is 24.3 Å². The van der Waals surface area contributed by atoms with Crippen LogP contribution >= 0.6 is 11.6 Å². The number of unbranched alkanes of at least 4 members (excludes halogenated alkanes) is 1. The van der Waals surface area contributed by atoms with Gasteiger partial charge in [0.2, 0.25) is 11.8 Å². The highest BCUT2D eigenvalue weighted by atomic mass is 35.5. The number of carbonyl (C=O) groups is 2. The fourth-order valence-electron chi connectivity index (χ4n) is 4.30. The molecular weight excluding hydrogens is 386 g/mol. The Morgan fingerprint density at radius 2 is 1.90 bits per heavy atom. The number of rotatable bonds is 9. The molecule has 0 bridgehead atoms. The van der Waals surface area contributed by atoms with Crippen LogP contribution in [0.2, 0.25) is 5.02 Å². The van der Waals surface area contributed by atoms with E-state index in [1.54, 1.807) is 0 Å². The first-order valence-corrected chi connectivity index (χ1v) is 11.1. The van der Waals surface area contributed by atoms with Crippen LogP contribution in [0.25, 0.3) is 0 Å². The van der Waals surface area contributed by atoms with Crippen molar-refractivity contribution < 1.29 is 9.59 Å². The Bertz CT molecular complexity index is 684. The van der Waals surface area contributed by atoms with Crippen molar-refractivity contribution in [3.8, 4) is 0 Å². The summed E-state index contributed by atoms with van der Waals surface area (Å²) in [5.74, 6) is -0.210. The minimum absolute atomic E-state index is 0.0471. The summed E-state index contributed by atoms with van der Waals surface area (Å²) in [5.41, 5.74) is 1.22. The second kappa shape index (κ2) is 11.0. The molecule has 0 radical (unpaired) electrons. The summed E-state index contributed by atoms with van der Waals surface area (Å²) in [6.45, 7) is 3.55. The highest BCUT2D eigenvalue weighted by Gasteiger charge is 2.38. The molecule has 29 heavy (non-hydrogen) atoms. The van der Waals surface area contributed by atoms with Crippen molar-refractivity contribution in [3.05, 3.63) is 34.9 Å². The number of halogens is 1. The van der Waals surface area contributed by atoms with E-state index in [2.05, 4.69) is 42.6 Å². The van der Waals surface area contributed by atoms with Crippen molar-refractivity contribution >= 4 is 23.4 Å². The molecule has 0 saturated heterocycles. The maximum atomic E-state index is 12.7. The van der Waals surface area contributed by atoms with E-state index in [0.29, 0.717) is 6.42 Å². The molecule has 1 saturated carbocycles. The lowest BCUT2D eigenvalue weighted by molar-refractivity contribution is -0.129. The Kier molecular flexibility index (Phi) is 8.97. The minimum atomic E-state index is -0.434. The third-order valence-corrected chi connectivity index (χ3v) is 6.60. The summed E-state index contributed by atoms with van der Waals surface area (Å²) in [5, 5.41) is 6.81. The third-order valence-electron chi connectivity index (χ3n) is 6.23. The molecule has 1 fully saturated rings. The van der Waals surface area contributed by atoms with E-state index in [-0.39, 0.29) is 23.4 Å². The zero-order valence-corrected chi connectivity index (χ0v) is 19.0. The molecule has 1 unspecified atom stereocenters. The van der Waals surface area contributed by atoms with Crippen LogP contribution in [0.5, 0.6) is 0 Å². The zero-order valence-electron chi connectivity index (χ0n) is 18.3. The van der Waals surface area contributed by atoms with Crippen molar-refractivity contribution in [1.29, 1.82) is 0 Å². The van der Waals surface area contributed by atoms with Gasteiger partial charge in [0.25, 0.3) is 0 Å². The fraction of sp³-hybridized carbons (Fsp3) is 0.652. The molecule has 5 nitrogen and oxygen atoms in total. The average Bonchev–Trinajstić information content (AvgIpc) is 2.68. The predicted octanol–water partition coefficient (Wildman–Crippen LogP) is 3.94. The van der Waals surface area contributed by atoms with Crippen LogP contribution in [0, 0.1) is 0 Å². The smallest absolute Gasteiger partial charge is 0.242 e. The number of nitrogens with zero attached hydrogens (tertiary/aromatic N) is 1. The van der Waals surface area contributed by atoms with Gasteiger partial charge in [-0.1, -0.05) is 49.6 Å². The maximum Gasteiger partial charge on any atom is 0.242 e. The van der Waals surface area contributed by atoms with Crippen LogP contribution in [0.4, 0.5) is 0 Å². The largest absolute Gasteiger partial charge is 0.352 e. The molecule has 6 heteroatoms. The fourth-order valence-corrected chi connectivity index (χ4v) is 4.50. The Hall–Kier alpha value is -1.59. The second-order valence-corrected chi connectivity index (χ2v) is 8.97. The van der Waals surface area contributed by atoms with E-state index >= 15 is 0 Å². The number of hydrogen-bond donors (Lipinski definition) is 2. The molecule has 2 N–H and O–H groups in total. The van der Waals surface area contributed by atoms with Crippen LogP contribution < -0.4 is 10.6 Å². The van der Waals surface area contributed by atoms with Crippen LogP contribution in [-0.4, -0.2) is 48.4 Å². The van der Waals surface area contributed by atoms with Gasteiger partial charge in [-0.2, -0.15) is 0 Å². The van der Waals surface area contributed by atoms with Crippen molar-refractivity contribution in [1.82, 2.24) is 15.5 Å². The quantitative estimate of drug-likeness (QED) is 0.634. The van der Waals surface area contributed by atoms with Gasteiger partial charge in [0.1, 0.15) is 6.04 Å². The molecule has 162 valence electrons. The van der Waals surface area contributed by atoms with Crippen molar-refractivity contribution in [2.75, 3.05) is 14.1 Å². The highest BCUT2D eigenvalue weighted by Crippen LogP contribution is 2.36. The van der Waals surface area contributed by atoms with E-state index in [0.717, 1.165) is 50.0 Å². The van der Waals surface area contributed by atoms with Crippen LogP contribution in [0.1, 0.15) is 64.4 Å². The lowest BCUT2D eigenvalue weighted by Crippen LogP contribution is -2.54. The molecule has 0 aliphatic heterocycles. The summed E-state index contributed by atoms with van der Waals surface area (Å²) in [4.78, 5) is 26.5. The summed E-state index contributed by atoms with van der Waals surface area (Å²) in [6, 6.07) is 7.77. The summed E-state index contributed by atoms with van der Waals surface area (Å²) in [6.07, 6.45) is 7.36. The normalized spacial score (nSPS) is 22.9. The molecule has 0 aromatic heterocycles. The van der Waals surface area contributed by atoms with Gasteiger partial charge in [0.05, 0.1) is 0 Å². The Morgan fingerprint density at radius 1 is 1.24 bits per heavy atom. The molecule has 1 aromatic rings. The molecular formula is C23H36ClN3O2. The van der Waals surface area contributed by atoms with Crippen molar-refractivity contribution in [2.45, 2.75) is 82.8 Å². The van der Waals surface area contributed by atoms with Gasteiger partial charge < -0.3 is 15.5 Å². The molecule has 1 aliphatic carbocycles. The molecule has 1 atom stereocenters. The van der Waals surface area contributed by atoms with Crippen LogP contribution in [-0.2, 0) is 16.0 Å². The van der Waals surface area contributed by atoms with Gasteiger partial charge in [-0.25, -0.2) is 0 Å². The van der Waals surface area contributed by atoms with E-state index in [1.165, 1.54) is 12.5 Å². The lowest BCUT2D eigenvalue weighted by Gasteiger charge is -2.45. The average molecular weight is 422 g/mol. The molecule has 1 aliphatic rings. The summed E-state index contributed by atoms with van der Waals surface area (Å²) >= 11 is 6.42. The van der Waals surface area contributed by atoms with Gasteiger partial charge in [0.15, 0.2) is 0 Å². The van der Waals surface area contributed by atoms with Crippen molar-refractivity contribution in [3.63, 3.8) is 0 Å². The zero-order chi connectivity index (χ0) is 21.4. The SMILES string of the molecule is CCCCC(NC(C)=O)C(=O)NC1CCC(Cc2ccccc2Cl)(N(C)C)CC1.